The van der Waals surface area contributed by atoms with Crippen LogP contribution in [0.5, 0.6) is 0 Å². The first-order valence-electron chi connectivity index (χ1n) is 12.6. The third-order valence-electron chi connectivity index (χ3n) is 7.79. The molecule has 1 aliphatic carbocycles. The van der Waals surface area contributed by atoms with Crippen LogP contribution in [-0.4, -0.2) is 61.6 Å². The molecule has 2 unspecified atom stereocenters. The Morgan fingerprint density at radius 3 is 2.85 bits per heavy atom. The highest BCUT2D eigenvalue weighted by molar-refractivity contribution is 8.01. The molecule has 0 bridgehead atoms. The van der Waals surface area contributed by atoms with Crippen LogP contribution in [0, 0.1) is 6.92 Å². The van der Waals surface area contributed by atoms with Gasteiger partial charge in [0.05, 0.1) is 11.7 Å². The Labute approximate surface area is 199 Å². The second-order valence-corrected chi connectivity index (χ2v) is 11.5. The highest BCUT2D eigenvalue weighted by atomic mass is 32.2. The van der Waals surface area contributed by atoms with Gasteiger partial charge in [-0.15, -0.1) is 11.8 Å². The van der Waals surface area contributed by atoms with Crippen LogP contribution < -0.4 is 10.6 Å². The van der Waals surface area contributed by atoms with Crippen molar-refractivity contribution in [3.8, 4) is 0 Å². The standard InChI is InChI=1S/C25H34N6OS/c1-16-14-31-23(27-24(16)29-11-9-18(26)15-29)13-19(28-31)20-7-4-5-10-30(20)25(32)22-12-17-6-2-3-8-21(17)33-22/h12-14,18,20-22H,2-11,15,26H2,1H3/t18-,20-,21?,22?/m0/s1. The molecular weight excluding hydrogens is 432 g/mol. The van der Waals surface area contributed by atoms with Crippen molar-refractivity contribution in [1.29, 1.82) is 0 Å². The summed E-state index contributed by atoms with van der Waals surface area (Å²) in [5, 5.41) is 5.45. The molecule has 2 aromatic heterocycles. The number of anilines is 1. The van der Waals surface area contributed by atoms with Gasteiger partial charge in [-0.1, -0.05) is 18.1 Å². The Bertz CT molecular complexity index is 1100. The Morgan fingerprint density at radius 1 is 1.15 bits per heavy atom. The van der Waals surface area contributed by atoms with Crippen molar-refractivity contribution in [1.82, 2.24) is 19.5 Å². The smallest absolute Gasteiger partial charge is 0.240 e. The lowest BCUT2D eigenvalue weighted by molar-refractivity contribution is -0.133. The van der Waals surface area contributed by atoms with Crippen LogP contribution in [0.2, 0.25) is 0 Å². The monoisotopic (exact) mass is 466 g/mol. The van der Waals surface area contributed by atoms with Gasteiger partial charge in [-0.3, -0.25) is 4.79 Å². The average Bonchev–Trinajstić information content (AvgIpc) is 3.55. The van der Waals surface area contributed by atoms with Crippen molar-refractivity contribution in [2.24, 2.45) is 5.73 Å². The first-order chi connectivity index (χ1) is 16.1. The summed E-state index contributed by atoms with van der Waals surface area (Å²) in [5.74, 6) is 1.29. The lowest BCUT2D eigenvalue weighted by atomic mass is 9.93. The molecule has 2 aromatic rings. The van der Waals surface area contributed by atoms with Gasteiger partial charge in [-0.05, 0) is 51.9 Å². The van der Waals surface area contributed by atoms with Crippen LogP contribution in [0.4, 0.5) is 5.82 Å². The zero-order valence-corrected chi connectivity index (χ0v) is 20.3. The summed E-state index contributed by atoms with van der Waals surface area (Å²) in [6, 6.07) is 2.35. The molecule has 1 amide bonds. The fraction of sp³-hybridized carbons (Fsp3) is 0.640. The summed E-state index contributed by atoms with van der Waals surface area (Å²) in [6.07, 6.45) is 13.5. The Morgan fingerprint density at radius 2 is 2.03 bits per heavy atom. The number of amides is 1. The molecule has 2 saturated heterocycles. The highest BCUT2D eigenvalue weighted by Gasteiger charge is 2.38. The molecule has 0 radical (unpaired) electrons. The average molecular weight is 467 g/mol. The maximum absolute atomic E-state index is 13.6. The maximum atomic E-state index is 13.6. The number of nitrogens with two attached hydrogens (primary N) is 1. The summed E-state index contributed by atoms with van der Waals surface area (Å²) in [6.45, 7) is 4.72. The maximum Gasteiger partial charge on any atom is 0.240 e. The lowest BCUT2D eigenvalue weighted by Crippen LogP contribution is -2.42. The molecule has 3 fully saturated rings. The minimum absolute atomic E-state index is 0.0212. The molecule has 8 heteroatoms. The Kier molecular flexibility index (Phi) is 5.61. The van der Waals surface area contributed by atoms with E-state index in [1.54, 1.807) is 0 Å². The molecule has 0 aromatic carbocycles. The SMILES string of the molecule is Cc1cn2nc([C@@H]3CCCCN3C(=O)C3C=C4CCCCC4S3)cc2nc1N1CC[C@H](N)C1. The van der Waals surface area contributed by atoms with Gasteiger partial charge in [0.1, 0.15) is 11.1 Å². The number of hydrogen-bond donors (Lipinski definition) is 1. The van der Waals surface area contributed by atoms with E-state index in [0.717, 1.165) is 68.0 Å². The fourth-order valence-corrected chi connectivity index (χ4v) is 7.57. The number of carbonyl (C=O) groups excluding carboxylic acids is 1. The number of likely N-dealkylation sites (tertiary alicyclic amines) is 1. The van der Waals surface area contributed by atoms with E-state index in [-0.39, 0.29) is 23.2 Å². The van der Waals surface area contributed by atoms with Gasteiger partial charge in [0.25, 0.3) is 0 Å². The Hall–Kier alpha value is -2.06. The summed E-state index contributed by atoms with van der Waals surface area (Å²) in [7, 11) is 0. The minimum Gasteiger partial charge on any atom is -0.355 e. The molecule has 7 nitrogen and oxygen atoms in total. The minimum atomic E-state index is -0.0212. The number of thioether (sulfide) groups is 1. The molecule has 6 rings (SSSR count). The molecule has 33 heavy (non-hydrogen) atoms. The largest absolute Gasteiger partial charge is 0.355 e. The van der Waals surface area contributed by atoms with Crippen LogP contribution in [0.1, 0.15) is 68.7 Å². The summed E-state index contributed by atoms with van der Waals surface area (Å²) >= 11 is 1.88. The quantitative estimate of drug-likeness (QED) is 0.696. The van der Waals surface area contributed by atoms with Crippen molar-refractivity contribution in [2.75, 3.05) is 24.5 Å². The number of nitrogens with zero attached hydrogens (tertiary/aromatic N) is 5. The van der Waals surface area contributed by atoms with Gasteiger partial charge in [0, 0.05) is 48.8 Å². The number of aromatic nitrogens is 3. The van der Waals surface area contributed by atoms with Crippen LogP contribution in [0.25, 0.3) is 5.65 Å². The van der Waals surface area contributed by atoms with E-state index >= 15 is 0 Å². The van der Waals surface area contributed by atoms with E-state index in [4.69, 9.17) is 15.8 Å². The molecule has 0 spiro atoms. The predicted octanol–water partition coefficient (Wildman–Crippen LogP) is 3.61. The molecule has 2 N–H and O–H groups in total. The second kappa shape index (κ2) is 8.62. The van der Waals surface area contributed by atoms with E-state index in [1.807, 2.05) is 16.3 Å². The van der Waals surface area contributed by atoms with Crippen LogP contribution >= 0.6 is 11.8 Å². The normalized spacial score (nSPS) is 30.1. The van der Waals surface area contributed by atoms with Gasteiger partial charge in [0.15, 0.2) is 5.65 Å². The number of carbonyl (C=O) groups is 1. The first-order valence-corrected chi connectivity index (χ1v) is 13.5. The molecule has 1 saturated carbocycles. The van der Waals surface area contributed by atoms with Crippen LogP contribution in [-0.2, 0) is 4.79 Å². The molecule has 176 valence electrons. The summed E-state index contributed by atoms with van der Waals surface area (Å²) in [4.78, 5) is 23.0. The van der Waals surface area contributed by atoms with Crippen LogP contribution in [0.15, 0.2) is 23.9 Å². The summed E-state index contributed by atoms with van der Waals surface area (Å²) in [5.41, 5.74) is 10.6. The number of piperidine rings is 1. The van der Waals surface area contributed by atoms with Gasteiger partial charge < -0.3 is 15.5 Å². The number of rotatable bonds is 3. The van der Waals surface area contributed by atoms with Crippen molar-refractivity contribution in [2.45, 2.75) is 80.9 Å². The molecule has 5 heterocycles. The molecular formula is C25H34N6OS. The fourth-order valence-electron chi connectivity index (χ4n) is 6.04. The van der Waals surface area contributed by atoms with Gasteiger partial charge in [-0.25, -0.2) is 9.50 Å². The zero-order chi connectivity index (χ0) is 22.5. The summed E-state index contributed by atoms with van der Waals surface area (Å²) < 4.78 is 1.89. The van der Waals surface area contributed by atoms with Gasteiger partial charge in [0.2, 0.25) is 5.91 Å². The van der Waals surface area contributed by atoms with E-state index < -0.39 is 0 Å². The molecule has 3 aliphatic heterocycles. The van der Waals surface area contributed by atoms with Crippen LogP contribution in [0.3, 0.4) is 0 Å². The van der Waals surface area contributed by atoms with E-state index in [1.165, 1.54) is 31.3 Å². The lowest BCUT2D eigenvalue weighted by Gasteiger charge is -2.36. The molecule has 4 aliphatic rings. The number of fused-ring (bicyclic) bond motifs is 2. The zero-order valence-electron chi connectivity index (χ0n) is 19.4. The van der Waals surface area contributed by atoms with Crippen molar-refractivity contribution in [3.05, 3.63) is 35.2 Å². The van der Waals surface area contributed by atoms with Crippen molar-refractivity contribution in [3.63, 3.8) is 0 Å². The van der Waals surface area contributed by atoms with Crippen molar-refractivity contribution < 1.29 is 4.79 Å². The first kappa shape index (κ1) is 21.5. The predicted molar refractivity (Wildman–Crippen MR) is 133 cm³/mol. The van der Waals surface area contributed by atoms with Crippen molar-refractivity contribution >= 4 is 29.1 Å². The highest BCUT2D eigenvalue weighted by Crippen LogP contribution is 2.43. The third kappa shape index (κ3) is 3.95. The topological polar surface area (TPSA) is 79.8 Å². The Balaban J connectivity index is 1.27. The van der Waals surface area contributed by atoms with E-state index in [9.17, 15) is 4.79 Å². The second-order valence-electron chi connectivity index (χ2n) is 10.2. The number of hydrogen-bond acceptors (Lipinski definition) is 6. The van der Waals surface area contributed by atoms with E-state index in [2.05, 4.69) is 35.1 Å². The van der Waals surface area contributed by atoms with Gasteiger partial charge in [-0.2, -0.15) is 5.10 Å². The molecule has 4 atom stereocenters. The van der Waals surface area contributed by atoms with Gasteiger partial charge >= 0.3 is 0 Å². The number of aryl methyl sites for hydroxylation is 1. The third-order valence-corrected chi connectivity index (χ3v) is 9.29. The van der Waals surface area contributed by atoms with E-state index in [0.29, 0.717) is 5.25 Å².